The van der Waals surface area contributed by atoms with Crippen LogP contribution >= 0.6 is 0 Å². The fourth-order valence-corrected chi connectivity index (χ4v) is 3.71. The van der Waals surface area contributed by atoms with Gasteiger partial charge in [0.25, 0.3) is 0 Å². The largest absolute Gasteiger partial charge is 0.396 e. The Morgan fingerprint density at radius 3 is 2.88 bits per heavy atom. The Morgan fingerprint density at radius 1 is 1.35 bits per heavy atom. The predicted octanol–water partition coefficient (Wildman–Crippen LogP) is 1.43. The van der Waals surface area contributed by atoms with E-state index in [4.69, 9.17) is 0 Å². The van der Waals surface area contributed by atoms with Crippen molar-refractivity contribution in [2.24, 2.45) is 23.7 Å². The number of aliphatic hydroxyl groups is 1. The van der Waals surface area contributed by atoms with Crippen LogP contribution in [0.4, 0.5) is 0 Å². The molecular formula is C14H21NO2. The molecule has 1 saturated heterocycles. The van der Waals surface area contributed by atoms with Gasteiger partial charge >= 0.3 is 0 Å². The van der Waals surface area contributed by atoms with Gasteiger partial charge < -0.3 is 10.0 Å². The Bertz CT molecular complexity index is 339. The molecule has 4 unspecified atom stereocenters. The van der Waals surface area contributed by atoms with Crippen molar-refractivity contribution >= 4 is 5.91 Å². The fraction of sp³-hybridized carbons (Fsp3) is 0.786. The molecule has 0 radical (unpaired) electrons. The average Bonchev–Trinajstić information content (AvgIpc) is 3.00. The Hall–Kier alpha value is -0.830. The van der Waals surface area contributed by atoms with E-state index in [2.05, 4.69) is 12.2 Å². The molecule has 3 rings (SSSR count). The van der Waals surface area contributed by atoms with Crippen molar-refractivity contribution < 1.29 is 9.90 Å². The highest BCUT2D eigenvalue weighted by Gasteiger charge is 2.42. The molecular weight excluding hydrogens is 214 g/mol. The molecule has 2 fully saturated rings. The van der Waals surface area contributed by atoms with Gasteiger partial charge in [0, 0.05) is 25.6 Å². The van der Waals surface area contributed by atoms with E-state index in [-0.39, 0.29) is 12.5 Å². The molecule has 3 nitrogen and oxygen atoms in total. The van der Waals surface area contributed by atoms with Crippen molar-refractivity contribution in [3.05, 3.63) is 12.2 Å². The van der Waals surface area contributed by atoms with Crippen LogP contribution in [0.1, 0.15) is 25.7 Å². The van der Waals surface area contributed by atoms with Crippen molar-refractivity contribution in [1.29, 1.82) is 0 Å². The summed E-state index contributed by atoms with van der Waals surface area (Å²) in [5, 5.41) is 9.21. The third kappa shape index (κ3) is 2.01. The van der Waals surface area contributed by atoms with Crippen LogP contribution in [-0.4, -0.2) is 35.6 Å². The van der Waals surface area contributed by atoms with Crippen LogP contribution in [0.2, 0.25) is 0 Å². The maximum absolute atomic E-state index is 12.5. The van der Waals surface area contributed by atoms with Gasteiger partial charge in [-0.25, -0.2) is 0 Å². The molecule has 3 heteroatoms. The molecule has 1 aliphatic heterocycles. The van der Waals surface area contributed by atoms with Crippen molar-refractivity contribution in [2.45, 2.75) is 25.7 Å². The summed E-state index contributed by atoms with van der Waals surface area (Å²) in [5.74, 6) is 2.05. The van der Waals surface area contributed by atoms with E-state index in [1.165, 1.54) is 6.42 Å². The van der Waals surface area contributed by atoms with E-state index < -0.39 is 0 Å². The highest BCUT2D eigenvalue weighted by Crippen LogP contribution is 2.44. The SMILES string of the molecule is O=C(C1CC2C=CC1C2)N1CCCC(CO)C1. The maximum Gasteiger partial charge on any atom is 0.226 e. The van der Waals surface area contributed by atoms with Crippen LogP contribution in [0.3, 0.4) is 0 Å². The molecule has 2 aliphatic carbocycles. The maximum atomic E-state index is 12.5. The molecule has 1 N–H and O–H groups in total. The third-order valence-corrected chi connectivity index (χ3v) is 4.68. The number of fused-ring (bicyclic) bond motifs is 2. The summed E-state index contributed by atoms with van der Waals surface area (Å²) in [7, 11) is 0. The van der Waals surface area contributed by atoms with E-state index in [1.807, 2.05) is 4.90 Å². The zero-order valence-corrected chi connectivity index (χ0v) is 10.2. The fourth-order valence-electron chi connectivity index (χ4n) is 3.71. The zero-order chi connectivity index (χ0) is 11.8. The van der Waals surface area contributed by atoms with E-state index in [0.717, 1.165) is 32.4 Å². The minimum atomic E-state index is 0.223. The van der Waals surface area contributed by atoms with E-state index in [9.17, 15) is 9.90 Å². The topological polar surface area (TPSA) is 40.5 Å². The van der Waals surface area contributed by atoms with Crippen molar-refractivity contribution in [3.8, 4) is 0 Å². The van der Waals surface area contributed by atoms with Gasteiger partial charge in [-0.05, 0) is 43.4 Å². The lowest BCUT2D eigenvalue weighted by Crippen LogP contribution is -2.44. The van der Waals surface area contributed by atoms with Crippen LogP contribution in [-0.2, 0) is 4.79 Å². The van der Waals surface area contributed by atoms with Gasteiger partial charge in [-0.2, -0.15) is 0 Å². The van der Waals surface area contributed by atoms with Gasteiger partial charge in [-0.3, -0.25) is 4.79 Å². The molecule has 0 aromatic rings. The Kier molecular flexibility index (Phi) is 2.95. The van der Waals surface area contributed by atoms with Crippen LogP contribution in [0.15, 0.2) is 12.2 Å². The molecule has 1 saturated carbocycles. The second kappa shape index (κ2) is 4.45. The van der Waals surface area contributed by atoms with E-state index in [1.54, 1.807) is 0 Å². The second-order valence-electron chi connectivity index (χ2n) is 5.86. The van der Waals surface area contributed by atoms with Crippen LogP contribution in [0, 0.1) is 23.7 Å². The van der Waals surface area contributed by atoms with Gasteiger partial charge in [0.05, 0.1) is 0 Å². The Balaban J connectivity index is 1.64. The number of nitrogens with zero attached hydrogens (tertiary/aromatic N) is 1. The molecule has 0 aromatic heterocycles. The smallest absolute Gasteiger partial charge is 0.226 e. The quantitative estimate of drug-likeness (QED) is 0.736. The van der Waals surface area contributed by atoms with Gasteiger partial charge in [-0.15, -0.1) is 0 Å². The normalized spacial score (nSPS) is 39.9. The van der Waals surface area contributed by atoms with E-state index in [0.29, 0.717) is 23.7 Å². The number of piperidine rings is 1. The summed E-state index contributed by atoms with van der Waals surface area (Å²) in [6, 6.07) is 0. The molecule has 0 spiro atoms. The summed E-state index contributed by atoms with van der Waals surface area (Å²) in [6.07, 6.45) is 8.88. The monoisotopic (exact) mass is 235 g/mol. The predicted molar refractivity (Wildman–Crippen MR) is 65.2 cm³/mol. The lowest BCUT2D eigenvalue weighted by Gasteiger charge is -2.34. The number of carbonyl (C=O) groups excluding carboxylic acids is 1. The van der Waals surface area contributed by atoms with Crippen molar-refractivity contribution in [3.63, 3.8) is 0 Å². The first-order chi connectivity index (χ1) is 8.28. The minimum Gasteiger partial charge on any atom is -0.396 e. The highest BCUT2D eigenvalue weighted by molar-refractivity contribution is 5.80. The Morgan fingerprint density at radius 2 is 2.24 bits per heavy atom. The molecule has 94 valence electrons. The first kappa shape index (κ1) is 11.3. The van der Waals surface area contributed by atoms with Gasteiger partial charge in [0.2, 0.25) is 5.91 Å². The lowest BCUT2D eigenvalue weighted by atomic mass is 9.90. The summed E-state index contributed by atoms with van der Waals surface area (Å²) in [4.78, 5) is 14.5. The molecule has 1 heterocycles. The number of amides is 1. The molecule has 4 atom stereocenters. The van der Waals surface area contributed by atoms with Crippen molar-refractivity contribution in [1.82, 2.24) is 4.90 Å². The number of rotatable bonds is 2. The number of hydrogen-bond acceptors (Lipinski definition) is 2. The van der Waals surface area contributed by atoms with Gasteiger partial charge in [0.15, 0.2) is 0 Å². The van der Waals surface area contributed by atoms with Crippen LogP contribution < -0.4 is 0 Å². The Labute approximate surface area is 102 Å². The lowest BCUT2D eigenvalue weighted by molar-refractivity contribution is -0.138. The summed E-state index contributed by atoms with van der Waals surface area (Å²) in [6.45, 7) is 1.89. The number of aliphatic hydroxyl groups excluding tert-OH is 1. The second-order valence-corrected chi connectivity index (χ2v) is 5.86. The summed E-state index contributed by atoms with van der Waals surface area (Å²) >= 11 is 0. The molecule has 0 aromatic carbocycles. The number of likely N-dealkylation sites (tertiary alicyclic amines) is 1. The summed E-state index contributed by atoms with van der Waals surface area (Å²) in [5.41, 5.74) is 0. The summed E-state index contributed by atoms with van der Waals surface area (Å²) < 4.78 is 0. The molecule has 3 aliphatic rings. The standard InChI is InChI=1S/C14H21NO2/c16-9-11-2-1-5-15(8-11)14(17)13-7-10-3-4-12(13)6-10/h3-4,10-13,16H,1-2,5-9H2. The molecule has 17 heavy (non-hydrogen) atoms. The third-order valence-electron chi connectivity index (χ3n) is 4.68. The number of allylic oxidation sites excluding steroid dienone is 2. The first-order valence-electron chi connectivity index (χ1n) is 6.86. The van der Waals surface area contributed by atoms with Crippen LogP contribution in [0.25, 0.3) is 0 Å². The van der Waals surface area contributed by atoms with Crippen LogP contribution in [0.5, 0.6) is 0 Å². The molecule has 1 amide bonds. The number of carbonyl (C=O) groups is 1. The van der Waals surface area contributed by atoms with Gasteiger partial charge in [-0.1, -0.05) is 12.2 Å². The van der Waals surface area contributed by atoms with Gasteiger partial charge in [0.1, 0.15) is 0 Å². The van der Waals surface area contributed by atoms with Crippen molar-refractivity contribution in [2.75, 3.05) is 19.7 Å². The van der Waals surface area contributed by atoms with E-state index >= 15 is 0 Å². The molecule has 2 bridgehead atoms. The highest BCUT2D eigenvalue weighted by atomic mass is 16.3. The number of hydrogen-bond donors (Lipinski definition) is 1. The minimum absolute atomic E-state index is 0.223. The zero-order valence-electron chi connectivity index (χ0n) is 10.2. The first-order valence-corrected chi connectivity index (χ1v) is 6.86. The average molecular weight is 235 g/mol.